The van der Waals surface area contributed by atoms with Crippen LogP contribution < -0.4 is 11.1 Å². The summed E-state index contributed by atoms with van der Waals surface area (Å²) in [5, 5.41) is 3.47. The van der Waals surface area contributed by atoms with Crippen LogP contribution in [0.2, 0.25) is 0 Å². The van der Waals surface area contributed by atoms with Gasteiger partial charge in [-0.2, -0.15) is 0 Å². The third-order valence-corrected chi connectivity index (χ3v) is 3.12. The Kier molecular flexibility index (Phi) is 6.19. The van der Waals surface area contributed by atoms with Gasteiger partial charge < -0.3 is 15.8 Å². The molecule has 1 unspecified atom stereocenters. The standard InChI is InChI=1S/C14H24N2O/c1-14(12-15,16-10-11-17-2)9-8-13-6-4-3-5-7-13/h3-7,16H,8-12,15H2,1-2H3. The summed E-state index contributed by atoms with van der Waals surface area (Å²) in [6, 6.07) is 10.5. The van der Waals surface area contributed by atoms with E-state index in [1.165, 1.54) is 5.56 Å². The third-order valence-electron chi connectivity index (χ3n) is 3.12. The molecule has 0 saturated heterocycles. The molecule has 0 fully saturated rings. The minimum Gasteiger partial charge on any atom is -0.383 e. The molecule has 1 rings (SSSR count). The van der Waals surface area contributed by atoms with Crippen LogP contribution in [0.3, 0.4) is 0 Å². The normalized spacial score (nSPS) is 14.5. The molecule has 0 saturated carbocycles. The van der Waals surface area contributed by atoms with Gasteiger partial charge in [0.15, 0.2) is 0 Å². The van der Waals surface area contributed by atoms with Gasteiger partial charge in [0, 0.05) is 25.7 Å². The summed E-state index contributed by atoms with van der Waals surface area (Å²) in [4.78, 5) is 0. The van der Waals surface area contributed by atoms with Crippen LogP contribution in [0.1, 0.15) is 18.9 Å². The van der Waals surface area contributed by atoms with Gasteiger partial charge in [-0.25, -0.2) is 0 Å². The smallest absolute Gasteiger partial charge is 0.0587 e. The molecule has 17 heavy (non-hydrogen) atoms. The fourth-order valence-electron chi connectivity index (χ4n) is 1.78. The van der Waals surface area contributed by atoms with Gasteiger partial charge in [-0.1, -0.05) is 30.3 Å². The van der Waals surface area contributed by atoms with E-state index in [1.807, 2.05) is 6.07 Å². The summed E-state index contributed by atoms with van der Waals surface area (Å²) in [6.45, 7) is 4.38. The molecular weight excluding hydrogens is 212 g/mol. The lowest BCUT2D eigenvalue weighted by Crippen LogP contribution is -2.50. The van der Waals surface area contributed by atoms with Crippen LogP contribution in [0.25, 0.3) is 0 Å². The lowest BCUT2D eigenvalue weighted by Gasteiger charge is -2.29. The lowest BCUT2D eigenvalue weighted by molar-refractivity contribution is 0.185. The predicted molar refractivity (Wildman–Crippen MR) is 72.1 cm³/mol. The highest BCUT2D eigenvalue weighted by atomic mass is 16.5. The first-order chi connectivity index (χ1) is 8.20. The Labute approximate surface area is 104 Å². The zero-order valence-electron chi connectivity index (χ0n) is 10.9. The molecule has 0 aliphatic carbocycles. The number of hydrogen-bond acceptors (Lipinski definition) is 3. The first-order valence-corrected chi connectivity index (χ1v) is 6.18. The number of ether oxygens (including phenoxy) is 1. The van der Waals surface area contributed by atoms with Crippen molar-refractivity contribution in [2.24, 2.45) is 5.73 Å². The van der Waals surface area contributed by atoms with Crippen LogP contribution >= 0.6 is 0 Å². The highest BCUT2D eigenvalue weighted by Gasteiger charge is 2.20. The van der Waals surface area contributed by atoms with Crippen molar-refractivity contribution in [2.75, 3.05) is 26.8 Å². The van der Waals surface area contributed by atoms with Gasteiger partial charge >= 0.3 is 0 Å². The Hall–Kier alpha value is -0.900. The van der Waals surface area contributed by atoms with E-state index in [4.69, 9.17) is 10.5 Å². The fraction of sp³-hybridized carbons (Fsp3) is 0.571. The van der Waals surface area contributed by atoms with Crippen molar-refractivity contribution >= 4 is 0 Å². The van der Waals surface area contributed by atoms with Crippen LogP contribution in [-0.2, 0) is 11.2 Å². The average Bonchev–Trinajstić information content (AvgIpc) is 2.38. The van der Waals surface area contributed by atoms with Gasteiger partial charge in [-0.15, -0.1) is 0 Å². The van der Waals surface area contributed by atoms with E-state index in [-0.39, 0.29) is 5.54 Å². The van der Waals surface area contributed by atoms with E-state index in [0.717, 1.165) is 26.0 Å². The van der Waals surface area contributed by atoms with Gasteiger partial charge in [-0.05, 0) is 25.3 Å². The molecule has 1 aromatic rings. The molecule has 1 aromatic carbocycles. The van der Waals surface area contributed by atoms with Crippen molar-refractivity contribution in [1.29, 1.82) is 0 Å². The number of methoxy groups -OCH3 is 1. The van der Waals surface area contributed by atoms with E-state index in [1.54, 1.807) is 7.11 Å². The number of rotatable bonds is 8. The number of hydrogen-bond donors (Lipinski definition) is 2. The SMILES string of the molecule is COCCNC(C)(CN)CCc1ccccc1. The summed E-state index contributed by atoms with van der Waals surface area (Å²) in [7, 11) is 1.71. The molecule has 3 N–H and O–H groups in total. The molecule has 1 atom stereocenters. The summed E-state index contributed by atoms with van der Waals surface area (Å²) >= 11 is 0. The molecule has 0 amide bonds. The maximum atomic E-state index is 5.85. The third kappa shape index (κ3) is 5.31. The van der Waals surface area contributed by atoms with Crippen LogP contribution in [-0.4, -0.2) is 32.3 Å². The first-order valence-electron chi connectivity index (χ1n) is 6.18. The second-order valence-corrected chi connectivity index (χ2v) is 4.67. The topological polar surface area (TPSA) is 47.3 Å². The second kappa shape index (κ2) is 7.43. The van der Waals surface area contributed by atoms with Gasteiger partial charge in [-0.3, -0.25) is 0 Å². The number of aryl methyl sites for hydroxylation is 1. The van der Waals surface area contributed by atoms with E-state index in [0.29, 0.717) is 6.54 Å². The van der Waals surface area contributed by atoms with Gasteiger partial charge in [0.1, 0.15) is 0 Å². The first kappa shape index (κ1) is 14.2. The van der Waals surface area contributed by atoms with Gasteiger partial charge in [0.05, 0.1) is 6.61 Å². The van der Waals surface area contributed by atoms with Crippen molar-refractivity contribution in [3.05, 3.63) is 35.9 Å². The fourth-order valence-corrected chi connectivity index (χ4v) is 1.78. The van der Waals surface area contributed by atoms with E-state index < -0.39 is 0 Å². The molecule has 0 radical (unpaired) electrons. The molecule has 0 bridgehead atoms. The zero-order valence-corrected chi connectivity index (χ0v) is 10.9. The van der Waals surface area contributed by atoms with E-state index in [2.05, 4.69) is 36.5 Å². The number of benzene rings is 1. The largest absolute Gasteiger partial charge is 0.383 e. The minimum absolute atomic E-state index is 0.00558. The molecule has 0 heterocycles. The molecule has 0 spiro atoms. The van der Waals surface area contributed by atoms with Crippen LogP contribution in [0.4, 0.5) is 0 Å². The highest BCUT2D eigenvalue weighted by Crippen LogP contribution is 2.12. The maximum absolute atomic E-state index is 5.85. The van der Waals surface area contributed by atoms with Crippen molar-refractivity contribution in [3.63, 3.8) is 0 Å². The summed E-state index contributed by atoms with van der Waals surface area (Å²) < 4.78 is 5.04. The van der Waals surface area contributed by atoms with Crippen LogP contribution in [0.15, 0.2) is 30.3 Å². The number of nitrogens with two attached hydrogens (primary N) is 1. The Morgan fingerprint density at radius 1 is 1.29 bits per heavy atom. The summed E-state index contributed by atoms with van der Waals surface area (Å²) in [6.07, 6.45) is 2.09. The summed E-state index contributed by atoms with van der Waals surface area (Å²) in [5.41, 5.74) is 7.21. The molecule has 0 aliphatic rings. The number of nitrogens with one attached hydrogen (secondary N) is 1. The maximum Gasteiger partial charge on any atom is 0.0587 e. The van der Waals surface area contributed by atoms with Crippen molar-refractivity contribution in [2.45, 2.75) is 25.3 Å². The predicted octanol–water partition coefficient (Wildman–Crippen LogP) is 1.57. The van der Waals surface area contributed by atoms with Crippen LogP contribution in [0.5, 0.6) is 0 Å². The molecule has 96 valence electrons. The van der Waals surface area contributed by atoms with Crippen molar-refractivity contribution in [1.82, 2.24) is 5.32 Å². The average molecular weight is 236 g/mol. The summed E-state index contributed by atoms with van der Waals surface area (Å²) in [5.74, 6) is 0. The van der Waals surface area contributed by atoms with Crippen molar-refractivity contribution in [3.8, 4) is 0 Å². The Bertz CT molecular complexity index is 302. The molecule has 3 heteroatoms. The Morgan fingerprint density at radius 3 is 2.59 bits per heavy atom. The van der Waals surface area contributed by atoms with Crippen molar-refractivity contribution < 1.29 is 4.74 Å². The molecule has 0 aliphatic heterocycles. The lowest BCUT2D eigenvalue weighted by atomic mass is 9.93. The monoisotopic (exact) mass is 236 g/mol. The van der Waals surface area contributed by atoms with E-state index >= 15 is 0 Å². The molecular formula is C14H24N2O. The molecule has 0 aromatic heterocycles. The van der Waals surface area contributed by atoms with Gasteiger partial charge in [0.25, 0.3) is 0 Å². The Morgan fingerprint density at radius 2 is 2.00 bits per heavy atom. The Balaban J connectivity index is 2.40. The second-order valence-electron chi connectivity index (χ2n) is 4.67. The van der Waals surface area contributed by atoms with Crippen LogP contribution in [0, 0.1) is 0 Å². The van der Waals surface area contributed by atoms with E-state index in [9.17, 15) is 0 Å². The highest BCUT2D eigenvalue weighted by molar-refractivity contribution is 5.15. The molecule has 3 nitrogen and oxygen atoms in total. The quantitative estimate of drug-likeness (QED) is 0.674. The van der Waals surface area contributed by atoms with Gasteiger partial charge in [0.2, 0.25) is 0 Å². The minimum atomic E-state index is -0.00558. The zero-order chi connectivity index (χ0) is 12.6.